The number of nitrogens with zero attached hydrogens (tertiary/aromatic N) is 1. The van der Waals surface area contributed by atoms with E-state index in [0.29, 0.717) is 0 Å². The highest BCUT2D eigenvalue weighted by Crippen LogP contribution is 2.28. The fraction of sp³-hybridized carbons (Fsp3) is 0.696. The Hall–Kier alpha value is -2.31. The van der Waals surface area contributed by atoms with Crippen LogP contribution in [0.25, 0.3) is 0 Å². The number of quaternary nitrogens is 1. The van der Waals surface area contributed by atoms with E-state index < -0.39 is 11.9 Å². The standard InChI is InChI=1S/C32H68N.C14H10O4S/c1-5-9-13-17-21-25-29-33(30-26-22-18-14-10-6-2,31-27-23-19-15-11-7-3)32-28-24-20-16-12-8-4;15-13(16)9-1-5-11(6-2-9)19-12-7-3-10(4-8-12)14(17)18/h5-32H2,1-4H3;1-8H,(H,15,16)(H,17,18)/q+1;. The molecule has 0 aliphatic carbocycles. The van der Waals surface area contributed by atoms with Gasteiger partial charge < -0.3 is 14.7 Å². The number of hydrogen-bond acceptors (Lipinski definition) is 3. The molecule has 2 aromatic carbocycles. The molecule has 0 amide bonds. The van der Waals surface area contributed by atoms with Gasteiger partial charge in [-0.1, -0.05) is 142 Å². The van der Waals surface area contributed by atoms with E-state index in [-0.39, 0.29) is 11.1 Å². The smallest absolute Gasteiger partial charge is 0.335 e. The van der Waals surface area contributed by atoms with Gasteiger partial charge in [0.15, 0.2) is 0 Å². The first-order valence-electron chi connectivity index (χ1n) is 21.5. The molecule has 0 radical (unpaired) electrons. The van der Waals surface area contributed by atoms with E-state index in [2.05, 4.69) is 27.7 Å². The van der Waals surface area contributed by atoms with Crippen molar-refractivity contribution in [3.8, 4) is 0 Å². The summed E-state index contributed by atoms with van der Waals surface area (Å²) in [6.07, 6.45) is 34.8. The number of rotatable bonds is 32. The molecule has 296 valence electrons. The molecule has 52 heavy (non-hydrogen) atoms. The predicted molar refractivity (Wildman–Crippen MR) is 224 cm³/mol. The maximum Gasteiger partial charge on any atom is 0.335 e. The summed E-state index contributed by atoms with van der Waals surface area (Å²) in [6.45, 7) is 15.3. The molecule has 0 saturated heterocycles. The summed E-state index contributed by atoms with van der Waals surface area (Å²) in [7, 11) is 0. The number of benzene rings is 2. The first-order valence-corrected chi connectivity index (χ1v) is 22.3. The van der Waals surface area contributed by atoms with Crippen LogP contribution in [0, 0.1) is 0 Å². The summed E-state index contributed by atoms with van der Waals surface area (Å²) in [5, 5.41) is 17.6. The number of carboxylic acid groups (broad SMARTS) is 2. The van der Waals surface area contributed by atoms with Gasteiger partial charge in [-0.25, -0.2) is 9.59 Å². The second-order valence-electron chi connectivity index (χ2n) is 15.1. The Morgan fingerprint density at radius 2 is 0.635 bits per heavy atom. The molecule has 0 aliphatic rings. The normalized spacial score (nSPS) is 11.3. The molecule has 0 fully saturated rings. The Kier molecular flexibility index (Phi) is 29.5. The summed E-state index contributed by atoms with van der Waals surface area (Å²) in [5.41, 5.74) is 0.483. The molecular weight excluding hydrogens is 663 g/mol. The molecule has 0 aliphatic heterocycles. The lowest BCUT2D eigenvalue weighted by Crippen LogP contribution is -2.50. The van der Waals surface area contributed by atoms with E-state index in [1.807, 2.05) is 0 Å². The monoisotopic (exact) mass is 741 g/mol. The number of hydrogen-bond donors (Lipinski definition) is 2. The van der Waals surface area contributed by atoms with E-state index in [9.17, 15) is 9.59 Å². The van der Waals surface area contributed by atoms with Crippen molar-refractivity contribution in [3.05, 3.63) is 59.7 Å². The van der Waals surface area contributed by atoms with Crippen LogP contribution in [-0.2, 0) is 0 Å². The number of carboxylic acids is 2. The highest BCUT2D eigenvalue weighted by atomic mass is 32.2. The molecule has 0 aromatic heterocycles. The van der Waals surface area contributed by atoms with Gasteiger partial charge >= 0.3 is 11.9 Å². The molecule has 0 saturated carbocycles. The van der Waals surface area contributed by atoms with Crippen molar-refractivity contribution < 1.29 is 24.3 Å². The minimum Gasteiger partial charge on any atom is -0.478 e. The van der Waals surface area contributed by atoms with Gasteiger partial charge in [-0.2, -0.15) is 0 Å². The van der Waals surface area contributed by atoms with Gasteiger partial charge in [-0.05, 0) is 99.9 Å². The quantitative estimate of drug-likeness (QED) is 0.0577. The van der Waals surface area contributed by atoms with Crippen molar-refractivity contribution in [2.45, 2.75) is 192 Å². The van der Waals surface area contributed by atoms with Crippen LogP contribution in [0.15, 0.2) is 58.3 Å². The van der Waals surface area contributed by atoms with Crippen molar-refractivity contribution in [3.63, 3.8) is 0 Å². The Morgan fingerprint density at radius 1 is 0.404 bits per heavy atom. The van der Waals surface area contributed by atoms with Crippen LogP contribution >= 0.6 is 11.8 Å². The maximum atomic E-state index is 10.7. The van der Waals surface area contributed by atoms with Crippen molar-refractivity contribution >= 4 is 23.7 Å². The fourth-order valence-electron chi connectivity index (χ4n) is 7.05. The van der Waals surface area contributed by atoms with E-state index in [4.69, 9.17) is 10.2 Å². The fourth-order valence-corrected chi connectivity index (χ4v) is 7.86. The van der Waals surface area contributed by atoms with Crippen LogP contribution in [0.5, 0.6) is 0 Å². The maximum absolute atomic E-state index is 10.7. The number of aromatic carboxylic acids is 2. The highest BCUT2D eigenvalue weighted by Gasteiger charge is 2.25. The Balaban J connectivity index is 0.000000595. The molecule has 0 unspecified atom stereocenters. The molecule has 6 heteroatoms. The summed E-state index contributed by atoms with van der Waals surface area (Å²) >= 11 is 1.44. The first kappa shape index (κ1) is 47.7. The zero-order valence-corrected chi connectivity index (χ0v) is 34.8. The number of unbranched alkanes of at least 4 members (excludes halogenated alkanes) is 20. The lowest BCUT2D eigenvalue weighted by molar-refractivity contribution is -0.929. The van der Waals surface area contributed by atoms with Crippen LogP contribution in [0.2, 0.25) is 0 Å². The van der Waals surface area contributed by atoms with Gasteiger partial charge in [0.2, 0.25) is 0 Å². The largest absolute Gasteiger partial charge is 0.478 e. The molecular formula is C46H78NO4S+. The minimum atomic E-state index is -0.956. The number of carbonyl (C=O) groups is 2. The van der Waals surface area contributed by atoms with E-state index in [1.165, 1.54) is 221 Å². The van der Waals surface area contributed by atoms with Gasteiger partial charge in [0.05, 0.1) is 37.3 Å². The Morgan fingerprint density at radius 3 is 0.865 bits per heavy atom. The van der Waals surface area contributed by atoms with Crippen LogP contribution in [0.1, 0.15) is 203 Å². The van der Waals surface area contributed by atoms with E-state index >= 15 is 0 Å². The van der Waals surface area contributed by atoms with Gasteiger partial charge in [0.1, 0.15) is 0 Å². The summed E-state index contributed by atoms with van der Waals surface area (Å²) in [5.74, 6) is -1.91. The first-order chi connectivity index (χ1) is 25.3. The average Bonchev–Trinajstić information content (AvgIpc) is 3.14. The SMILES string of the molecule is CCCCCCCC[N+](CCCCCCCC)(CCCCCCCC)CCCCCCCC.O=C(O)c1ccc(Sc2ccc(C(=O)O)cc2)cc1. The molecule has 5 nitrogen and oxygen atoms in total. The van der Waals surface area contributed by atoms with Crippen molar-refractivity contribution in [2.75, 3.05) is 26.2 Å². The van der Waals surface area contributed by atoms with Crippen LogP contribution < -0.4 is 0 Å². The van der Waals surface area contributed by atoms with Crippen LogP contribution in [0.4, 0.5) is 0 Å². The van der Waals surface area contributed by atoms with Crippen molar-refractivity contribution in [2.24, 2.45) is 0 Å². The van der Waals surface area contributed by atoms with Gasteiger partial charge in [0, 0.05) is 9.79 Å². The summed E-state index contributed by atoms with van der Waals surface area (Å²) in [6, 6.07) is 13.0. The molecule has 0 spiro atoms. The highest BCUT2D eigenvalue weighted by molar-refractivity contribution is 7.99. The third kappa shape index (κ3) is 24.1. The summed E-state index contributed by atoms with van der Waals surface area (Å²) < 4.78 is 1.48. The topological polar surface area (TPSA) is 74.6 Å². The molecule has 0 heterocycles. The van der Waals surface area contributed by atoms with E-state index in [0.717, 1.165) is 9.79 Å². The second kappa shape index (κ2) is 32.1. The molecule has 2 rings (SSSR count). The average molecular weight is 741 g/mol. The van der Waals surface area contributed by atoms with Gasteiger partial charge in [0.25, 0.3) is 0 Å². The second-order valence-corrected chi connectivity index (χ2v) is 16.2. The van der Waals surface area contributed by atoms with Crippen LogP contribution in [0.3, 0.4) is 0 Å². The molecule has 2 N–H and O–H groups in total. The summed E-state index contributed by atoms with van der Waals surface area (Å²) in [4.78, 5) is 23.2. The van der Waals surface area contributed by atoms with Crippen molar-refractivity contribution in [1.82, 2.24) is 0 Å². The van der Waals surface area contributed by atoms with Crippen molar-refractivity contribution in [1.29, 1.82) is 0 Å². The minimum absolute atomic E-state index is 0.241. The third-order valence-electron chi connectivity index (χ3n) is 10.4. The lowest BCUT2D eigenvalue weighted by atomic mass is 10.0. The van der Waals surface area contributed by atoms with Gasteiger partial charge in [-0.3, -0.25) is 0 Å². The Bertz CT molecular complexity index is 1010. The molecule has 2 aromatic rings. The predicted octanol–water partition coefficient (Wildman–Crippen LogP) is 14.5. The van der Waals surface area contributed by atoms with Crippen LogP contribution in [-0.4, -0.2) is 52.8 Å². The molecule has 0 atom stereocenters. The zero-order chi connectivity index (χ0) is 38.1. The lowest BCUT2D eigenvalue weighted by Gasteiger charge is -2.40. The molecule has 0 bridgehead atoms. The third-order valence-corrected chi connectivity index (χ3v) is 11.4. The van der Waals surface area contributed by atoms with E-state index in [1.54, 1.807) is 24.3 Å². The van der Waals surface area contributed by atoms with Gasteiger partial charge in [-0.15, -0.1) is 0 Å². The zero-order valence-electron chi connectivity index (χ0n) is 34.0. The Labute approximate surface area is 324 Å².